The van der Waals surface area contributed by atoms with Crippen molar-refractivity contribution < 1.29 is 24.4 Å². The van der Waals surface area contributed by atoms with Gasteiger partial charge in [-0.05, 0) is 0 Å². The van der Waals surface area contributed by atoms with E-state index in [1.54, 1.807) is 11.1 Å². The van der Waals surface area contributed by atoms with Gasteiger partial charge in [-0.3, -0.25) is 0 Å². The van der Waals surface area contributed by atoms with Gasteiger partial charge in [0, 0.05) is 0 Å². The Kier molecular flexibility index (Phi) is 3.98. The van der Waals surface area contributed by atoms with Crippen molar-refractivity contribution in [2.75, 3.05) is 0 Å². The van der Waals surface area contributed by atoms with Crippen LogP contribution in [0.2, 0.25) is 4.18 Å². The molecule has 0 nitrogen and oxygen atoms in total. The maximum atomic E-state index is 2.39. The van der Waals surface area contributed by atoms with Crippen molar-refractivity contribution in [3.63, 3.8) is 0 Å². The Morgan fingerprint density at radius 1 is 1.14 bits per heavy atom. The van der Waals surface area contributed by atoms with Crippen molar-refractivity contribution in [2.45, 2.75) is 36.3 Å². The third-order valence-electron chi connectivity index (χ3n) is 3.22. The molecule has 70 valence electrons. The van der Waals surface area contributed by atoms with Gasteiger partial charge in [-0.2, -0.15) is 0 Å². The average Bonchev–Trinajstić information content (AvgIpc) is 2.30. The summed E-state index contributed by atoms with van der Waals surface area (Å²) in [6.07, 6.45) is 16.2. The first-order chi connectivity index (χ1) is 6.92. The molecule has 0 radical (unpaired) electrons. The minimum absolute atomic E-state index is 0.764. The second-order valence-corrected chi connectivity index (χ2v) is 5.64. The van der Waals surface area contributed by atoms with E-state index in [0.717, 1.165) is 5.92 Å². The van der Waals surface area contributed by atoms with Crippen LogP contribution in [0.1, 0.15) is 32.1 Å². The summed E-state index contributed by atoms with van der Waals surface area (Å²) >= 11 is 1.32. The molecule has 1 heteroatoms. The molecule has 1 unspecified atom stereocenters. The first-order valence-corrected chi connectivity index (χ1v) is 8.17. The second kappa shape index (κ2) is 5.25. The first kappa shape index (κ1) is 10.6. The van der Waals surface area contributed by atoms with Crippen LogP contribution in [-0.4, -0.2) is 0 Å². The van der Waals surface area contributed by atoms with E-state index in [1.165, 1.54) is 60.7 Å². The van der Waals surface area contributed by atoms with Crippen molar-refractivity contribution in [3.05, 3.63) is 35.5 Å². The van der Waals surface area contributed by atoms with Crippen LogP contribution >= 0.6 is 0 Å². The molecular formula is C13H17Hf+3. The third-order valence-corrected chi connectivity index (χ3v) is 4.80. The Bertz CT molecular complexity index is 276. The van der Waals surface area contributed by atoms with Crippen LogP contribution in [0.25, 0.3) is 0 Å². The van der Waals surface area contributed by atoms with Crippen molar-refractivity contribution in [2.24, 2.45) is 5.92 Å². The fourth-order valence-electron chi connectivity index (χ4n) is 2.41. The Morgan fingerprint density at radius 3 is 2.64 bits per heavy atom. The third kappa shape index (κ3) is 2.36. The van der Waals surface area contributed by atoms with E-state index in [-0.39, 0.29) is 0 Å². The summed E-state index contributed by atoms with van der Waals surface area (Å²) in [5.41, 5.74) is 3.43. The van der Waals surface area contributed by atoms with Gasteiger partial charge in [0.25, 0.3) is 0 Å². The van der Waals surface area contributed by atoms with Gasteiger partial charge in [0.1, 0.15) is 0 Å². The number of allylic oxidation sites excluding steroid dienone is 6. The molecule has 0 aromatic heterocycles. The van der Waals surface area contributed by atoms with Gasteiger partial charge in [-0.15, -0.1) is 0 Å². The van der Waals surface area contributed by atoms with Crippen LogP contribution in [0.15, 0.2) is 35.5 Å². The maximum absolute atomic E-state index is 2.39. The molecule has 1 atom stereocenters. The van der Waals surface area contributed by atoms with Crippen molar-refractivity contribution in [1.82, 2.24) is 0 Å². The quantitative estimate of drug-likeness (QED) is 0.627. The van der Waals surface area contributed by atoms with Gasteiger partial charge in [-0.25, -0.2) is 0 Å². The van der Waals surface area contributed by atoms with Crippen LogP contribution in [0, 0.1) is 5.92 Å². The van der Waals surface area contributed by atoms with E-state index in [1.807, 2.05) is 0 Å². The van der Waals surface area contributed by atoms with E-state index >= 15 is 0 Å². The SMILES string of the molecule is [Hf+3][CH2]C1C=CC=CC1=C1CCCCC1. The molecule has 0 saturated heterocycles. The van der Waals surface area contributed by atoms with Gasteiger partial charge in [0.15, 0.2) is 0 Å². The summed E-state index contributed by atoms with van der Waals surface area (Å²) in [5, 5.41) is 0. The fourth-order valence-corrected chi connectivity index (χ4v) is 3.69. The van der Waals surface area contributed by atoms with Crippen molar-refractivity contribution in [1.29, 1.82) is 0 Å². The molecule has 0 spiro atoms. The molecule has 0 heterocycles. The second-order valence-electron chi connectivity index (χ2n) is 4.17. The van der Waals surface area contributed by atoms with E-state index < -0.39 is 0 Å². The molecule has 0 aliphatic heterocycles. The number of hydrogen-bond donors (Lipinski definition) is 0. The van der Waals surface area contributed by atoms with Gasteiger partial charge in [0.05, 0.1) is 0 Å². The number of rotatable bonds is 1. The van der Waals surface area contributed by atoms with Gasteiger partial charge in [-0.1, -0.05) is 0 Å². The molecule has 0 N–H and O–H groups in total. The van der Waals surface area contributed by atoms with E-state index in [2.05, 4.69) is 24.3 Å². The monoisotopic (exact) mass is 353 g/mol. The molecule has 2 rings (SSSR count). The zero-order valence-electron chi connectivity index (χ0n) is 8.63. The Morgan fingerprint density at radius 2 is 1.93 bits per heavy atom. The summed E-state index contributed by atoms with van der Waals surface area (Å²) in [4.78, 5) is 0. The molecular weight excluding hydrogens is 335 g/mol. The molecule has 2 aliphatic rings. The van der Waals surface area contributed by atoms with Crippen molar-refractivity contribution in [3.8, 4) is 0 Å². The first-order valence-electron chi connectivity index (χ1n) is 5.63. The molecule has 2 aliphatic carbocycles. The topological polar surface area (TPSA) is 0 Å². The fraction of sp³-hybridized carbons (Fsp3) is 0.538. The molecule has 14 heavy (non-hydrogen) atoms. The summed E-state index contributed by atoms with van der Waals surface area (Å²) in [5.74, 6) is 0.764. The molecule has 0 amide bonds. The summed E-state index contributed by atoms with van der Waals surface area (Å²) < 4.78 is 1.39. The van der Waals surface area contributed by atoms with Crippen molar-refractivity contribution >= 4 is 0 Å². The predicted octanol–water partition coefficient (Wildman–Crippen LogP) is 3.95. The number of hydrogen-bond acceptors (Lipinski definition) is 0. The van der Waals surface area contributed by atoms with Crippen LogP contribution in [0.3, 0.4) is 0 Å². The molecule has 0 bridgehead atoms. The summed E-state index contributed by atoms with van der Waals surface area (Å²) in [6, 6.07) is 0. The molecule has 0 aromatic rings. The Balaban J connectivity index is 2.20. The van der Waals surface area contributed by atoms with Gasteiger partial charge in [0.2, 0.25) is 0 Å². The molecule has 0 aromatic carbocycles. The molecule has 1 saturated carbocycles. The van der Waals surface area contributed by atoms with Crippen LogP contribution < -0.4 is 0 Å². The summed E-state index contributed by atoms with van der Waals surface area (Å²) in [6.45, 7) is 0. The van der Waals surface area contributed by atoms with E-state index in [0.29, 0.717) is 0 Å². The standard InChI is InChI=1S/C13H17.Hf/c1-11-7-5-6-10-13(11)12-8-3-2-4-9-12;/h5-7,10-11H,1-4,8-9H2;/q;+3. The zero-order chi connectivity index (χ0) is 9.80. The Labute approximate surface area is 102 Å². The van der Waals surface area contributed by atoms with Crippen LogP contribution in [-0.2, 0) is 24.4 Å². The average molecular weight is 352 g/mol. The molecule has 1 fully saturated rings. The Hall–Kier alpha value is 0.0901. The summed E-state index contributed by atoms with van der Waals surface area (Å²) in [7, 11) is 0. The van der Waals surface area contributed by atoms with E-state index in [4.69, 9.17) is 0 Å². The normalized spacial score (nSPS) is 27.1. The minimum atomic E-state index is 0.764. The van der Waals surface area contributed by atoms with Crippen LogP contribution in [0.4, 0.5) is 0 Å². The van der Waals surface area contributed by atoms with Gasteiger partial charge < -0.3 is 0 Å². The van der Waals surface area contributed by atoms with Crippen LogP contribution in [0.5, 0.6) is 0 Å². The van der Waals surface area contributed by atoms with Gasteiger partial charge >= 0.3 is 102 Å². The zero-order valence-corrected chi connectivity index (χ0v) is 12.2. The van der Waals surface area contributed by atoms with E-state index in [9.17, 15) is 0 Å². The predicted molar refractivity (Wildman–Crippen MR) is 56.7 cm³/mol.